The van der Waals surface area contributed by atoms with Gasteiger partial charge in [0.1, 0.15) is 0 Å². The van der Waals surface area contributed by atoms with Crippen LogP contribution in [-0.2, 0) is 4.74 Å². The third-order valence-electron chi connectivity index (χ3n) is 5.43. The maximum atomic E-state index is 6.50. The van der Waals surface area contributed by atoms with Crippen molar-refractivity contribution in [2.45, 2.75) is 78.4 Å². The van der Waals surface area contributed by atoms with Gasteiger partial charge in [0.05, 0.1) is 12.2 Å². The van der Waals surface area contributed by atoms with E-state index in [0.29, 0.717) is 17.6 Å². The van der Waals surface area contributed by atoms with E-state index >= 15 is 0 Å². The minimum absolute atomic E-state index is 0.394. The second-order valence-electron chi connectivity index (χ2n) is 8.61. The first-order valence-electron chi connectivity index (χ1n) is 8.06. The van der Waals surface area contributed by atoms with Gasteiger partial charge in [-0.25, -0.2) is 0 Å². The van der Waals surface area contributed by atoms with Crippen molar-refractivity contribution < 1.29 is 4.74 Å². The van der Waals surface area contributed by atoms with Crippen LogP contribution < -0.4 is 0 Å². The SMILES string of the molecule is CC(CC(C)(C)C)OC1C2CC3CC(C2)CC1C3. The van der Waals surface area contributed by atoms with Gasteiger partial charge >= 0.3 is 0 Å². The summed E-state index contributed by atoms with van der Waals surface area (Å²) < 4.78 is 6.50. The van der Waals surface area contributed by atoms with Gasteiger partial charge in [0.15, 0.2) is 0 Å². The number of hydrogen-bond donors (Lipinski definition) is 0. The van der Waals surface area contributed by atoms with Crippen LogP contribution in [0.1, 0.15) is 66.2 Å². The van der Waals surface area contributed by atoms with Crippen molar-refractivity contribution in [1.29, 1.82) is 0 Å². The highest BCUT2D eigenvalue weighted by atomic mass is 16.5. The van der Waals surface area contributed by atoms with E-state index in [1.165, 1.54) is 38.5 Å². The van der Waals surface area contributed by atoms with Crippen molar-refractivity contribution >= 4 is 0 Å². The Morgan fingerprint density at radius 2 is 1.44 bits per heavy atom. The third-order valence-corrected chi connectivity index (χ3v) is 5.43. The molecule has 4 fully saturated rings. The number of hydrogen-bond acceptors (Lipinski definition) is 1. The first kappa shape index (κ1) is 13.0. The molecule has 0 aliphatic heterocycles. The fraction of sp³-hybridized carbons (Fsp3) is 1.00. The van der Waals surface area contributed by atoms with Crippen molar-refractivity contribution in [1.82, 2.24) is 0 Å². The Balaban J connectivity index is 1.60. The molecule has 0 aromatic rings. The van der Waals surface area contributed by atoms with Crippen LogP contribution in [-0.4, -0.2) is 12.2 Å². The molecule has 1 unspecified atom stereocenters. The Kier molecular flexibility index (Phi) is 3.25. The maximum absolute atomic E-state index is 6.50. The lowest BCUT2D eigenvalue weighted by atomic mass is 9.55. The second kappa shape index (κ2) is 4.51. The molecule has 0 amide bonds. The molecule has 1 atom stereocenters. The molecule has 1 nitrogen and oxygen atoms in total. The summed E-state index contributed by atoms with van der Waals surface area (Å²) in [4.78, 5) is 0. The van der Waals surface area contributed by atoms with E-state index in [2.05, 4.69) is 27.7 Å². The molecule has 4 saturated carbocycles. The standard InChI is InChI=1S/C17H30O/c1-11(10-17(2,3)4)18-16-14-6-12-5-13(8-14)9-15(16)7-12/h11-16H,5-10H2,1-4H3. The summed E-state index contributed by atoms with van der Waals surface area (Å²) in [7, 11) is 0. The average molecular weight is 250 g/mol. The molecule has 0 aromatic carbocycles. The van der Waals surface area contributed by atoms with Crippen LogP contribution in [0, 0.1) is 29.1 Å². The summed E-state index contributed by atoms with van der Waals surface area (Å²) in [6.45, 7) is 9.26. The normalized spacial score (nSPS) is 44.3. The molecule has 0 aromatic heterocycles. The Morgan fingerprint density at radius 1 is 0.944 bits per heavy atom. The highest BCUT2D eigenvalue weighted by Crippen LogP contribution is 2.55. The Hall–Kier alpha value is -0.0400. The summed E-state index contributed by atoms with van der Waals surface area (Å²) in [5.74, 6) is 3.93. The Labute approximate surface area is 113 Å². The summed E-state index contributed by atoms with van der Waals surface area (Å²) in [6, 6.07) is 0. The minimum Gasteiger partial charge on any atom is -0.375 e. The van der Waals surface area contributed by atoms with Crippen molar-refractivity contribution in [3.63, 3.8) is 0 Å². The van der Waals surface area contributed by atoms with Crippen LogP contribution >= 0.6 is 0 Å². The summed E-state index contributed by atoms with van der Waals surface area (Å²) in [5, 5.41) is 0. The van der Waals surface area contributed by atoms with Crippen LogP contribution in [0.25, 0.3) is 0 Å². The molecule has 0 saturated heterocycles. The zero-order valence-corrected chi connectivity index (χ0v) is 12.6. The first-order chi connectivity index (χ1) is 8.40. The molecule has 4 bridgehead atoms. The lowest BCUT2D eigenvalue weighted by Crippen LogP contribution is -2.50. The largest absolute Gasteiger partial charge is 0.375 e. The highest BCUT2D eigenvalue weighted by Gasteiger charge is 2.49. The topological polar surface area (TPSA) is 9.23 Å². The molecule has 4 aliphatic rings. The number of ether oxygens (including phenoxy) is 1. The second-order valence-corrected chi connectivity index (χ2v) is 8.61. The first-order valence-corrected chi connectivity index (χ1v) is 8.06. The molecular formula is C17H30O. The maximum Gasteiger partial charge on any atom is 0.0635 e. The van der Waals surface area contributed by atoms with Crippen molar-refractivity contribution in [2.75, 3.05) is 0 Å². The fourth-order valence-electron chi connectivity index (χ4n) is 5.28. The van der Waals surface area contributed by atoms with Crippen LogP contribution in [0.3, 0.4) is 0 Å². The quantitative estimate of drug-likeness (QED) is 0.708. The molecule has 0 spiro atoms. The molecule has 0 N–H and O–H groups in total. The van der Waals surface area contributed by atoms with Crippen molar-refractivity contribution in [3.8, 4) is 0 Å². The van der Waals surface area contributed by atoms with E-state index in [-0.39, 0.29) is 0 Å². The summed E-state index contributed by atoms with van der Waals surface area (Å²) >= 11 is 0. The molecule has 1 heteroatoms. The molecule has 4 rings (SSSR count). The molecule has 0 heterocycles. The van der Waals surface area contributed by atoms with Crippen molar-refractivity contribution in [2.24, 2.45) is 29.1 Å². The predicted octanol–water partition coefficient (Wildman–Crippen LogP) is 4.65. The van der Waals surface area contributed by atoms with E-state index in [1.54, 1.807) is 0 Å². The van der Waals surface area contributed by atoms with Gasteiger partial charge < -0.3 is 4.74 Å². The molecule has 18 heavy (non-hydrogen) atoms. The van der Waals surface area contributed by atoms with Crippen LogP contribution in [0.2, 0.25) is 0 Å². The number of rotatable bonds is 3. The highest BCUT2D eigenvalue weighted by molar-refractivity contribution is 4.99. The Morgan fingerprint density at radius 3 is 1.89 bits per heavy atom. The summed E-state index contributed by atoms with van der Waals surface area (Å²) in [6.07, 6.45) is 9.66. The van der Waals surface area contributed by atoms with Crippen LogP contribution in [0.15, 0.2) is 0 Å². The zero-order chi connectivity index (χ0) is 12.9. The van der Waals surface area contributed by atoms with Gasteiger partial charge in [-0.1, -0.05) is 20.8 Å². The van der Waals surface area contributed by atoms with E-state index < -0.39 is 0 Å². The van der Waals surface area contributed by atoms with Gasteiger partial charge in [-0.15, -0.1) is 0 Å². The van der Waals surface area contributed by atoms with Crippen LogP contribution in [0.4, 0.5) is 0 Å². The predicted molar refractivity (Wildman–Crippen MR) is 75.5 cm³/mol. The average Bonchev–Trinajstić information content (AvgIpc) is 2.19. The Bertz CT molecular complexity index is 273. The lowest BCUT2D eigenvalue weighted by Gasteiger charge is -2.54. The van der Waals surface area contributed by atoms with Crippen molar-refractivity contribution in [3.05, 3.63) is 0 Å². The molecule has 0 radical (unpaired) electrons. The summed E-state index contributed by atoms with van der Waals surface area (Å²) in [5.41, 5.74) is 0.394. The van der Waals surface area contributed by atoms with Gasteiger partial charge in [-0.05, 0) is 74.5 Å². The smallest absolute Gasteiger partial charge is 0.0635 e. The lowest BCUT2D eigenvalue weighted by molar-refractivity contribution is -0.152. The van der Waals surface area contributed by atoms with E-state index in [1.807, 2.05) is 0 Å². The van der Waals surface area contributed by atoms with Gasteiger partial charge in [0, 0.05) is 0 Å². The van der Waals surface area contributed by atoms with Gasteiger partial charge in [0.2, 0.25) is 0 Å². The molecule has 4 aliphatic carbocycles. The van der Waals surface area contributed by atoms with Gasteiger partial charge in [-0.2, -0.15) is 0 Å². The monoisotopic (exact) mass is 250 g/mol. The van der Waals surface area contributed by atoms with Crippen LogP contribution in [0.5, 0.6) is 0 Å². The molecular weight excluding hydrogens is 220 g/mol. The van der Waals surface area contributed by atoms with E-state index in [0.717, 1.165) is 23.7 Å². The zero-order valence-electron chi connectivity index (χ0n) is 12.6. The third kappa shape index (κ3) is 2.61. The van der Waals surface area contributed by atoms with E-state index in [9.17, 15) is 0 Å². The van der Waals surface area contributed by atoms with Gasteiger partial charge in [-0.3, -0.25) is 0 Å². The minimum atomic E-state index is 0.394. The fourth-order valence-corrected chi connectivity index (χ4v) is 5.28. The van der Waals surface area contributed by atoms with Gasteiger partial charge in [0.25, 0.3) is 0 Å². The molecule has 104 valence electrons. The van der Waals surface area contributed by atoms with E-state index in [4.69, 9.17) is 4.74 Å².